The minimum Gasteiger partial charge on any atom is -0.342 e. The van der Waals surface area contributed by atoms with Gasteiger partial charge in [-0.25, -0.2) is 0 Å². The second kappa shape index (κ2) is 4.46. The molecule has 0 bridgehead atoms. The van der Waals surface area contributed by atoms with Crippen molar-refractivity contribution in [3.05, 3.63) is 12.2 Å². The molecule has 1 spiro atoms. The van der Waals surface area contributed by atoms with E-state index < -0.39 is 17.3 Å². The molecule has 1 amide bonds. The molecular formula is C14H19F4NO. The number of piperidine rings is 1. The van der Waals surface area contributed by atoms with E-state index in [1.54, 1.807) is 13.8 Å². The first-order chi connectivity index (χ1) is 9.07. The van der Waals surface area contributed by atoms with Crippen LogP contribution < -0.4 is 0 Å². The summed E-state index contributed by atoms with van der Waals surface area (Å²) in [5, 5.41) is 0. The lowest BCUT2D eigenvalue weighted by Crippen LogP contribution is -2.43. The number of hydrogen-bond donors (Lipinski definition) is 0. The summed E-state index contributed by atoms with van der Waals surface area (Å²) in [6.07, 6.45) is -0.149. The SMILES string of the molecule is C=C(C)CC(C)C(=O)N1CCC2(CC1)C(F)(F)C2(F)F. The van der Waals surface area contributed by atoms with Crippen molar-refractivity contribution in [3.63, 3.8) is 0 Å². The summed E-state index contributed by atoms with van der Waals surface area (Å²) in [6.45, 7) is 7.22. The van der Waals surface area contributed by atoms with Crippen LogP contribution in [0.2, 0.25) is 0 Å². The van der Waals surface area contributed by atoms with Crippen molar-refractivity contribution in [2.75, 3.05) is 13.1 Å². The first kappa shape index (κ1) is 15.3. The maximum Gasteiger partial charge on any atom is 0.322 e. The Balaban J connectivity index is 1.96. The molecule has 1 saturated heterocycles. The summed E-state index contributed by atoms with van der Waals surface area (Å²) in [5.74, 6) is -8.30. The molecule has 0 aromatic carbocycles. The van der Waals surface area contributed by atoms with Gasteiger partial charge in [0, 0.05) is 19.0 Å². The third kappa shape index (κ3) is 1.87. The van der Waals surface area contributed by atoms with E-state index in [2.05, 4.69) is 6.58 Å². The lowest BCUT2D eigenvalue weighted by Gasteiger charge is -2.33. The monoisotopic (exact) mass is 293 g/mol. The van der Waals surface area contributed by atoms with Gasteiger partial charge in [-0.15, -0.1) is 6.58 Å². The van der Waals surface area contributed by atoms with Gasteiger partial charge >= 0.3 is 11.8 Å². The van der Waals surface area contributed by atoms with Crippen LogP contribution in [-0.4, -0.2) is 35.7 Å². The molecule has 114 valence electrons. The van der Waals surface area contributed by atoms with Crippen LogP contribution in [0.15, 0.2) is 12.2 Å². The Bertz CT molecular complexity index is 422. The van der Waals surface area contributed by atoms with Crippen LogP contribution in [0, 0.1) is 11.3 Å². The van der Waals surface area contributed by atoms with E-state index in [1.807, 2.05) is 0 Å². The van der Waals surface area contributed by atoms with Gasteiger partial charge in [-0.05, 0) is 26.2 Å². The Labute approximate surface area is 115 Å². The quantitative estimate of drug-likeness (QED) is 0.576. The molecule has 2 fully saturated rings. The number of halogens is 4. The molecule has 20 heavy (non-hydrogen) atoms. The smallest absolute Gasteiger partial charge is 0.322 e. The number of carbonyl (C=O) groups is 1. The van der Waals surface area contributed by atoms with Gasteiger partial charge in [0.05, 0.1) is 0 Å². The average molecular weight is 293 g/mol. The van der Waals surface area contributed by atoms with Gasteiger partial charge in [0.15, 0.2) is 0 Å². The van der Waals surface area contributed by atoms with Gasteiger partial charge in [0.1, 0.15) is 5.41 Å². The molecule has 1 aliphatic carbocycles. The van der Waals surface area contributed by atoms with Gasteiger partial charge in [0.2, 0.25) is 5.91 Å². The molecule has 0 aromatic rings. The van der Waals surface area contributed by atoms with Crippen molar-refractivity contribution in [1.29, 1.82) is 0 Å². The standard InChI is InChI=1S/C14H19F4NO/c1-9(2)8-10(3)11(20)19-6-4-12(5-7-19)13(15,16)14(12,17)18/h10H,1,4-8H2,2-3H3. The fourth-order valence-electron chi connectivity index (χ4n) is 3.18. The van der Waals surface area contributed by atoms with E-state index in [1.165, 1.54) is 4.90 Å². The van der Waals surface area contributed by atoms with E-state index in [0.717, 1.165) is 5.57 Å². The number of allylic oxidation sites excluding steroid dienone is 1. The molecule has 1 unspecified atom stereocenters. The third-order valence-corrected chi connectivity index (χ3v) is 4.54. The Morgan fingerprint density at radius 2 is 1.65 bits per heavy atom. The van der Waals surface area contributed by atoms with Gasteiger partial charge in [-0.3, -0.25) is 4.79 Å². The highest BCUT2D eigenvalue weighted by Gasteiger charge is 2.95. The minimum atomic E-state index is -3.92. The topological polar surface area (TPSA) is 20.3 Å². The highest BCUT2D eigenvalue weighted by atomic mass is 19.3. The second-order valence-electron chi connectivity index (χ2n) is 6.12. The summed E-state index contributed by atoms with van der Waals surface area (Å²) in [6, 6.07) is 0. The fraction of sp³-hybridized carbons (Fsp3) is 0.786. The second-order valence-corrected chi connectivity index (χ2v) is 6.12. The van der Waals surface area contributed by atoms with Crippen molar-refractivity contribution in [2.24, 2.45) is 11.3 Å². The van der Waals surface area contributed by atoms with Crippen molar-refractivity contribution in [3.8, 4) is 0 Å². The van der Waals surface area contributed by atoms with E-state index in [-0.39, 0.29) is 37.8 Å². The van der Waals surface area contributed by atoms with Gasteiger partial charge in [0.25, 0.3) is 0 Å². The van der Waals surface area contributed by atoms with Crippen LogP contribution in [0.4, 0.5) is 17.6 Å². The largest absolute Gasteiger partial charge is 0.342 e. The molecule has 2 rings (SSSR count). The van der Waals surface area contributed by atoms with Crippen LogP contribution in [0.5, 0.6) is 0 Å². The number of alkyl halides is 4. The number of likely N-dealkylation sites (tertiary alicyclic amines) is 1. The lowest BCUT2D eigenvalue weighted by molar-refractivity contribution is -0.137. The predicted molar refractivity (Wildman–Crippen MR) is 66.7 cm³/mol. The lowest BCUT2D eigenvalue weighted by atomic mass is 9.91. The summed E-state index contributed by atoms with van der Waals surface area (Å²) in [4.78, 5) is 13.5. The maximum atomic E-state index is 13.2. The van der Waals surface area contributed by atoms with Crippen molar-refractivity contribution < 1.29 is 22.4 Å². The summed E-state index contributed by atoms with van der Waals surface area (Å²) in [5.41, 5.74) is -1.35. The first-order valence-electron chi connectivity index (χ1n) is 6.75. The van der Waals surface area contributed by atoms with E-state index in [0.29, 0.717) is 6.42 Å². The molecule has 1 atom stereocenters. The molecule has 1 heterocycles. The van der Waals surface area contributed by atoms with Gasteiger partial charge < -0.3 is 4.90 Å². The Morgan fingerprint density at radius 1 is 1.20 bits per heavy atom. The van der Waals surface area contributed by atoms with Crippen LogP contribution in [0.3, 0.4) is 0 Å². The zero-order valence-electron chi connectivity index (χ0n) is 11.7. The Kier molecular flexibility index (Phi) is 3.42. The third-order valence-electron chi connectivity index (χ3n) is 4.54. The van der Waals surface area contributed by atoms with Crippen molar-refractivity contribution in [1.82, 2.24) is 4.90 Å². The summed E-state index contributed by atoms with van der Waals surface area (Å²) < 4.78 is 53.0. The van der Waals surface area contributed by atoms with Crippen LogP contribution in [-0.2, 0) is 4.79 Å². The zero-order valence-corrected chi connectivity index (χ0v) is 11.7. The molecule has 6 heteroatoms. The van der Waals surface area contributed by atoms with Gasteiger partial charge in [-0.1, -0.05) is 12.5 Å². The summed E-state index contributed by atoms with van der Waals surface area (Å²) in [7, 11) is 0. The predicted octanol–water partition coefficient (Wildman–Crippen LogP) is 3.48. The molecule has 0 aromatic heterocycles. The molecule has 1 saturated carbocycles. The van der Waals surface area contributed by atoms with E-state index >= 15 is 0 Å². The number of amides is 1. The summed E-state index contributed by atoms with van der Waals surface area (Å²) >= 11 is 0. The number of hydrogen-bond acceptors (Lipinski definition) is 1. The first-order valence-corrected chi connectivity index (χ1v) is 6.75. The van der Waals surface area contributed by atoms with Crippen molar-refractivity contribution >= 4 is 5.91 Å². The Hall–Kier alpha value is -1.07. The van der Waals surface area contributed by atoms with E-state index in [4.69, 9.17) is 0 Å². The highest BCUT2D eigenvalue weighted by molar-refractivity contribution is 5.79. The molecule has 1 aliphatic heterocycles. The fourth-order valence-corrected chi connectivity index (χ4v) is 3.18. The molecule has 2 aliphatic rings. The molecule has 2 nitrogen and oxygen atoms in total. The normalized spacial score (nSPS) is 27.2. The van der Waals surface area contributed by atoms with Gasteiger partial charge in [-0.2, -0.15) is 17.6 Å². The molecule has 0 N–H and O–H groups in total. The number of nitrogens with zero attached hydrogens (tertiary/aromatic N) is 1. The zero-order chi connectivity index (χ0) is 15.3. The average Bonchev–Trinajstić information content (AvgIpc) is 2.67. The van der Waals surface area contributed by atoms with Crippen LogP contribution >= 0.6 is 0 Å². The maximum absolute atomic E-state index is 13.2. The highest BCUT2D eigenvalue weighted by Crippen LogP contribution is 2.76. The van der Waals surface area contributed by atoms with Crippen LogP contribution in [0.25, 0.3) is 0 Å². The number of carbonyl (C=O) groups excluding carboxylic acids is 1. The Morgan fingerprint density at radius 3 is 2.00 bits per heavy atom. The van der Waals surface area contributed by atoms with E-state index in [9.17, 15) is 22.4 Å². The minimum absolute atomic E-state index is 0.0233. The van der Waals surface area contributed by atoms with Crippen LogP contribution in [0.1, 0.15) is 33.1 Å². The molecular weight excluding hydrogens is 274 g/mol. The molecule has 0 radical (unpaired) electrons. The number of rotatable bonds is 3. The van der Waals surface area contributed by atoms with Crippen molar-refractivity contribution in [2.45, 2.75) is 45.0 Å².